The molecule has 1 nitrogen and oxygen atoms in total. The van der Waals surface area contributed by atoms with Crippen LogP contribution in [0.15, 0.2) is 23.4 Å². The zero-order valence-corrected chi connectivity index (χ0v) is 11.2. The zero-order valence-electron chi connectivity index (χ0n) is 11.2. The van der Waals surface area contributed by atoms with Crippen molar-refractivity contribution in [2.24, 2.45) is 17.1 Å². The fraction of sp³-hybridized carbons (Fsp3) is 0.714. The van der Waals surface area contributed by atoms with Crippen molar-refractivity contribution < 1.29 is 0 Å². The summed E-state index contributed by atoms with van der Waals surface area (Å²) in [4.78, 5) is 0. The van der Waals surface area contributed by atoms with E-state index in [0.29, 0.717) is 11.3 Å². The fourth-order valence-electron chi connectivity index (χ4n) is 1.56. The number of nitrogens with two attached hydrogens (primary N) is 1. The van der Waals surface area contributed by atoms with Gasteiger partial charge in [-0.15, -0.1) is 0 Å². The minimum absolute atomic E-state index is 0.316. The molecule has 0 bridgehead atoms. The minimum atomic E-state index is 0.316. The number of hydrogen-bond donors (Lipinski definition) is 1. The molecule has 1 heteroatoms. The Kier molecular flexibility index (Phi) is 5.71. The molecule has 0 saturated heterocycles. The van der Waals surface area contributed by atoms with Gasteiger partial charge in [0.2, 0.25) is 0 Å². The van der Waals surface area contributed by atoms with E-state index in [9.17, 15) is 0 Å². The van der Waals surface area contributed by atoms with Crippen LogP contribution in [0, 0.1) is 11.3 Å². The summed E-state index contributed by atoms with van der Waals surface area (Å²) in [6, 6.07) is 0. The number of rotatable bonds is 5. The quantitative estimate of drug-likeness (QED) is 0.673. The van der Waals surface area contributed by atoms with Crippen molar-refractivity contribution >= 4 is 0 Å². The van der Waals surface area contributed by atoms with E-state index in [1.807, 2.05) is 0 Å². The summed E-state index contributed by atoms with van der Waals surface area (Å²) < 4.78 is 0. The van der Waals surface area contributed by atoms with E-state index < -0.39 is 0 Å². The van der Waals surface area contributed by atoms with Crippen LogP contribution < -0.4 is 5.73 Å². The van der Waals surface area contributed by atoms with Crippen molar-refractivity contribution in [1.82, 2.24) is 0 Å². The number of allylic oxidation sites excluding steroid dienone is 3. The molecule has 0 aliphatic carbocycles. The SMILES string of the molecule is C/C(=C\N)CC(C)(C)C/C=C(\C)C(C)C. The van der Waals surface area contributed by atoms with Crippen LogP contribution in [0.1, 0.15) is 54.4 Å². The van der Waals surface area contributed by atoms with E-state index in [1.165, 1.54) is 11.1 Å². The molecule has 0 rings (SSSR count). The highest BCUT2D eigenvalue weighted by molar-refractivity contribution is 5.05. The van der Waals surface area contributed by atoms with Gasteiger partial charge in [0.25, 0.3) is 0 Å². The lowest BCUT2D eigenvalue weighted by Crippen LogP contribution is -2.11. The van der Waals surface area contributed by atoms with Gasteiger partial charge in [-0.25, -0.2) is 0 Å². The highest BCUT2D eigenvalue weighted by Crippen LogP contribution is 2.30. The van der Waals surface area contributed by atoms with Gasteiger partial charge in [0.1, 0.15) is 0 Å². The van der Waals surface area contributed by atoms with Crippen molar-refractivity contribution in [3.8, 4) is 0 Å². The van der Waals surface area contributed by atoms with Crippen LogP contribution in [0.2, 0.25) is 0 Å². The Morgan fingerprint density at radius 2 is 1.80 bits per heavy atom. The molecule has 0 spiro atoms. The van der Waals surface area contributed by atoms with Crippen molar-refractivity contribution in [3.05, 3.63) is 23.4 Å². The van der Waals surface area contributed by atoms with E-state index in [2.05, 4.69) is 47.6 Å². The lowest BCUT2D eigenvalue weighted by atomic mass is 9.82. The molecule has 15 heavy (non-hydrogen) atoms. The summed E-state index contributed by atoms with van der Waals surface area (Å²) in [5.74, 6) is 0.659. The molecule has 0 heterocycles. The Bertz CT molecular complexity index is 244. The van der Waals surface area contributed by atoms with Crippen molar-refractivity contribution in [3.63, 3.8) is 0 Å². The predicted octanol–water partition coefficient (Wildman–Crippen LogP) is 4.26. The minimum Gasteiger partial charge on any atom is -0.405 e. The van der Waals surface area contributed by atoms with E-state index in [1.54, 1.807) is 6.20 Å². The summed E-state index contributed by atoms with van der Waals surface area (Å²) in [6.07, 6.45) is 6.29. The van der Waals surface area contributed by atoms with Gasteiger partial charge < -0.3 is 5.73 Å². The van der Waals surface area contributed by atoms with E-state index in [0.717, 1.165) is 12.8 Å². The van der Waals surface area contributed by atoms with E-state index in [4.69, 9.17) is 5.73 Å². The van der Waals surface area contributed by atoms with Crippen LogP contribution in [0.5, 0.6) is 0 Å². The third-order valence-electron chi connectivity index (χ3n) is 2.93. The maximum atomic E-state index is 5.51. The maximum Gasteiger partial charge on any atom is -0.00731 e. The van der Waals surface area contributed by atoms with Crippen LogP contribution in [0.25, 0.3) is 0 Å². The molecule has 0 aromatic heterocycles. The van der Waals surface area contributed by atoms with Gasteiger partial charge in [-0.1, -0.05) is 44.9 Å². The Morgan fingerprint density at radius 3 is 2.20 bits per heavy atom. The summed E-state index contributed by atoms with van der Waals surface area (Å²) in [6.45, 7) is 13.4. The topological polar surface area (TPSA) is 26.0 Å². The molecule has 0 aromatic carbocycles. The molecule has 0 saturated carbocycles. The third kappa shape index (κ3) is 6.38. The smallest absolute Gasteiger partial charge is 0.00731 e. The second-order valence-corrected chi connectivity index (χ2v) is 5.66. The first-order valence-corrected chi connectivity index (χ1v) is 5.82. The highest BCUT2D eigenvalue weighted by atomic mass is 14.5. The molecule has 0 amide bonds. The standard InChI is InChI=1S/C14H27N/c1-11(2)13(4)7-8-14(5,6)9-12(3)10-15/h7,10-11H,8-9,15H2,1-6H3/b12-10+,13-7+. The molecular weight excluding hydrogens is 182 g/mol. The van der Waals surface area contributed by atoms with Crippen LogP contribution >= 0.6 is 0 Å². The first kappa shape index (κ1) is 14.3. The lowest BCUT2D eigenvalue weighted by molar-refractivity contribution is 0.365. The second kappa shape index (κ2) is 5.99. The van der Waals surface area contributed by atoms with Gasteiger partial charge in [0, 0.05) is 0 Å². The summed E-state index contributed by atoms with van der Waals surface area (Å²) >= 11 is 0. The van der Waals surface area contributed by atoms with Gasteiger partial charge in [-0.3, -0.25) is 0 Å². The highest BCUT2D eigenvalue weighted by Gasteiger charge is 2.16. The molecular formula is C14H27N. The van der Waals surface area contributed by atoms with Crippen LogP contribution in [-0.4, -0.2) is 0 Å². The normalized spacial score (nSPS) is 14.9. The van der Waals surface area contributed by atoms with Gasteiger partial charge in [-0.05, 0) is 44.2 Å². The Hall–Kier alpha value is -0.720. The molecule has 0 unspecified atom stereocenters. The lowest BCUT2D eigenvalue weighted by Gasteiger charge is -2.24. The van der Waals surface area contributed by atoms with Crippen molar-refractivity contribution in [1.29, 1.82) is 0 Å². The summed E-state index contributed by atoms with van der Waals surface area (Å²) in [5, 5.41) is 0. The molecule has 0 aromatic rings. The van der Waals surface area contributed by atoms with Crippen molar-refractivity contribution in [2.75, 3.05) is 0 Å². The van der Waals surface area contributed by atoms with Crippen LogP contribution in [-0.2, 0) is 0 Å². The fourth-order valence-corrected chi connectivity index (χ4v) is 1.56. The van der Waals surface area contributed by atoms with E-state index >= 15 is 0 Å². The zero-order chi connectivity index (χ0) is 12.1. The van der Waals surface area contributed by atoms with Crippen LogP contribution in [0.4, 0.5) is 0 Å². The second-order valence-electron chi connectivity index (χ2n) is 5.66. The van der Waals surface area contributed by atoms with Gasteiger partial charge >= 0.3 is 0 Å². The number of hydrogen-bond acceptors (Lipinski definition) is 1. The Labute approximate surface area is 95.4 Å². The van der Waals surface area contributed by atoms with Gasteiger partial charge in [0.15, 0.2) is 0 Å². The van der Waals surface area contributed by atoms with Gasteiger partial charge in [0.05, 0.1) is 0 Å². The van der Waals surface area contributed by atoms with Gasteiger partial charge in [-0.2, -0.15) is 0 Å². The summed E-state index contributed by atoms with van der Waals surface area (Å²) in [5.41, 5.74) is 8.58. The Balaban J connectivity index is 4.33. The Morgan fingerprint density at radius 1 is 1.27 bits per heavy atom. The molecule has 0 aliphatic heterocycles. The summed E-state index contributed by atoms with van der Waals surface area (Å²) in [7, 11) is 0. The monoisotopic (exact) mass is 209 g/mol. The molecule has 88 valence electrons. The maximum absolute atomic E-state index is 5.51. The predicted molar refractivity (Wildman–Crippen MR) is 69.6 cm³/mol. The first-order valence-electron chi connectivity index (χ1n) is 5.82. The molecule has 0 atom stereocenters. The third-order valence-corrected chi connectivity index (χ3v) is 2.93. The average Bonchev–Trinajstić information content (AvgIpc) is 2.13. The molecule has 0 radical (unpaired) electrons. The molecule has 0 aliphatic rings. The van der Waals surface area contributed by atoms with Crippen molar-refractivity contribution in [2.45, 2.75) is 54.4 Å². The first-order chi connectivity index (χ1) is 6.78. The largest absolute Gasteiger partial charge is 0.405 e. The van der Waals surface area contributed by atoms with E-state index in [-0.39, 0.29) is 0 Å². The average molecular weight is 209 g/mol. The molecule has 0 fully saturated rings. The van der Waals surface area contributed by atoms with Crippen LogP contribution in [0.3, 0.4) is 0 Å². The molecule has 2 N–H and O–H groups in total.